The monoisotopic (exact) mass is 249 g/mol. The van der Waals surface area contributed by atoms with Crippen LogP contribution in [-0.2, 0) is 0 Å². The van der Waals surface area contributed by atoms with Gasteiger partial charge in [0.2, 0.25) is 0 Å². The molecule has 86 valence electrons. The summed E-state index contributed by atoms with van der Waals surface area (Å²) in [6.45, 7) is 4.61. The number of rotatable bonds is 4. The van der Waals surface area contributed by atoms with Crippen LogP contribution in [0.4, 0.5) is 0 Å². The van der Waals surface area contributed by atoms with Gasteiger partial charge in [0, 0.05) is 23.2 Å². The fourth-order valence-corrected chi connectivity index (χ4v) is 1.46. The van der Waals surface area contributed by atoms with Crippen molar-refractivity contribution in [1.29, 1.82) is 0 Å². The van der Waals surface area contributed by atoms with Gasteiger partial charge in [-0.05, 0) is 6.07 Å². The molecule has 0 heterocycles. The second-order valence-corrected chi connectivity index (χ2v) is 4.01. The van der Waals surface area contributed by atoms with Gasteiger partial charge in [-0.15, -0.1) is 12.4 Å². The topological polar surface area (TPSA) is 32.3 Å². The second kappa shape index (κ2) is 7.07. The van der Waals surface area contributed by atoms with E-state index in [2.05, 4.69) is 5.32 Å². The molecule has 0 saturated carbocycles. The summed E-state index contributed by atoms with van der Waals surface area (Å²) in [6, 6.07) is 7.73. The summed E-state index contributed by atoms with van der Waals surface area (Å²) < 4.78 is 0. The van der Waals surface area contributed by atoms with Crippen LogP contribution in [0.5, 0.6) is 0 Å². The Balaban J connectivity index is 0.00000196. The van der Waals surface area contributed by atoms with E-state index in [1.165, 1.54) is 0 Å². The fraction of sp³-hybridized carbons (Fsp3) is 0.455. The molecule has 15 heavy (non-hydrogen) atoms. The van der Waals surface area contributed by atoms with Crippen molar-refractivity contribution < 1.29 is 5.11 Å². The van der Waals surface area contributed by atoms with Crippen LogP contribution in [0.2, 0.25) is 5.02 Å². The van der Waals surface area contributed by atoms with Gasteiger partial charge in [0.1, 0.15) is 0 Å². The van der Waals surface area contributed by atoms with Gasteiger partial charge in [0.15, 0.2) is 0 Å². The first-order valence-electron chi connectivity index (χ1n) is 4.77. The smallest absolute Gasteiger partial charge is 0.0928 e. The lowest BCUT2D eigenvalue weighted by atomic mass is 10.1. The molecular weight excluding hydrogens is 233 g/mol. The van der Waals surface area contributed by atoms with Crippen LogP contribution < -0.4 is 5.32 Å². The van der Waals surface area contributed by atoms with Crippen LogP contribution in [0.3, 0.4) is 0 Å². The van der Waals surface area contributed by atoms with Crippen LogP contribution in [0.1, 0.15) is 25.5 Å². The average molecular weight is 250 g/mol. The number of hydrogen-bond acceptors (Lipinski definition) is 2. The summed E-state index contributed by atoms with van der Waals surface area (Å²) >= 11 is 5.95. The predicted octanol–water partition coefficient (Wildman–Crippen LogP) is 2.79. The first-order valence-corrected chi connectivity index (χ1v) is 5.15. The molecule has 0 saturated heterocycles. The molecule has 2 nitrogen and oxygen atoms in total. The molecule has 0 aliphatic rings. The van der Waals surface area contributed by atoms with Gasteiger partial charge in [-0.2, -0.15) is 0 Å². The summed E-state index contributed by atoms with van der Waals surface area (Å²) in [6.07, 6.45) is -0.536. The van der Waals surface area contributed by atoms with E-state index in [1.54, 1.807) is 6.07 Å². The molecule has 0 spiro atoms. The van der Waals surface area contributed by atoms with Gasteiger partial charge in [0.05, 0.1) is 6.10 Å². The SMILES string of the molecule is CC(C)NC[C@H](O)c1ccccc1Cl.Cl. The zero-order valence-electron chi connectivity index (χ0n) is 8.90. The zero-order valence-corrected chi connectivity index (χ0v) is 10.5. The summed E-state index contributed by atoms with van der Waals surface area (Å²) in [5, 5.41) is 13.6. The van der Waals surface area contributed by atoms with E-state index < -0.39 is 6.10 Å². The molecule has 1 aromatic carbocycles. The molecule has 4 heteroatoms. The maximum Gasteiger partial charge on any atom is 0.0928 e. The Labute approximate surface area is 102 Å². The Kier molecular flexibility index (Phi) is 6.94. The third-order valence-electron chi connectivity index (χ3n) is 1.98. The lowest BCUT2D eigenvalue weighted by Gasteiger charge is -2.15. The van der Waals surface area contributed by atoms with Crippen molar-refractivity contribution in [3.05, 3.63) is 34.9 Å². The van der Waals surface area contributed by atoms with Gasteiger partial charge in [-0.25, -0.2) is 0 Å². The standard InChI is InChI=1S/C11H16ClNO.ClH/c1-8(2)13-7-11(14)9-5-3-4-6-10(9)12;/h3-6,8,11,13-14H,7H2,1-2H3;1H/t11-;/m0./s1. The van der Waals surface area contributed by atoms with Gasteiger partial charge in [-0.3, -0.25) is 0 Å². The normalized spacial score (nSPS) is 12.3. The van der Waals surface area contributed by atoms with Crippen molar-refractivity contribution in [1.82, 2.24) is 5.32 Å². The highest BCUT2D eigenvalue weighted by atomic mass is 35.5. The first kappa shape index (κ1) is 14.7. The van der Waals surface area contributed by atoms with Crippen LogP contribution in [0, 0.1) is 0 Å². The van der Waals surface area contributed by atoms with Crippen molar-refractivity contribution in [2.24, 2.45) is 0 Å². The maximum absolute atomic E-state index is 9.80. The Morgan fingerprint density at radius 1 is 1.33 bits per heavy atom. The molecule has 0 bridgehead atoms. The molecule has 0 fully saturated rings. The molecule has 1 aromatic rings. The van der Waals surface area contributed by atoms with E-state index in [1.807, 2.05) is 32.0 Å². The molecule has 0 aliphatic carbocycles. The minimum atomic E-state index is -0.536. The van der Waals surface area contributed by atoms with Crippen molar-refractivity contribution in [2.45, 2.75) is 26.0 Å². The minimum absolute atomic E-state index is 0. The van der Waals surface area contributed by atoms with Crippen molar-refractivity contribution in [3.8, 4) is 0 Å². The van der Waals surface area contributed by atoms with Gasteiger partial charge < -0.3 is 10.4 Å². The van der Waals surface area contributed by atoms with Crippen LogP contribution >= 0.6 is 24.0 Å². The largest absolute Gasteiger partial charge is 0.387 e. The molecule has 0 radical (unpaired) electrons. The number of aliphatic hydroxyl groups excluding tert-OH is 1. The first-order chi connectivity index (χ1) is 6.61. The van der Waals surface area contributed by atoms with Crippen LogP contribution in [-0.4, -0.2) is 17.7 Å². The highest BCUT2D eigenvalue weighted by Crippen LogP contribution is 2.21. The van der Waals surface area contributed by atoms with Gasteiger partial charge in [0.25, 0.3) is 0 Å². The molecule has 2 N–H and O–H groups in total. The highest BCUT2D eigenvalue weighted by Gasteiger charge is 2.10. The summed E-state index contributed by atoms with van der Waals surface area (Å²) in [5.74, 6) is 0. The van der Waals surface area contributed by atoms with Crippen molar-refractivity contribution >= 4 is 24.0 Å². The quantitative estimate of drug-likeness (QED) is 0.861. The molecule has 0 amide bonds. The van der Waals surface area contributed by atoms with Gasteiger partial charge >= 0.3 is 0 Å². The zero-order chi connectivity index (χ0) is 10.6. The summed E-state index contributed by atoms with van der Waals surface area (Å²) in [7, 11) is 0. The minimum Gasteiger partial charge on any atom is -0.387 e. The predicted molar refractivity (Wildman–Crippen MR) is 66.8 cm³/mol. The lowest BCUT2D eigenvalue weighted by Crippen LogP contribution is -2.27. The number of nitrogens with one attached hydrogen (secondary N) is 1. The highest BCUT2D eigenvalue weighted by molar-refractivity contribution is 6.31. The number of benzene rings is 1. The van der Waals surface area contributed by atoms with Gasteiger partial charge in [-0.1, -0.05) is 43.6 Å². The summed E-state index contributed by atoms with van der Waals surface area (Å²) in [5.41, 5.74) is 0.780. The Morgan fingerprint density at radius 3 is 2.47 bits per heavy atom. The maximum atomic E-state index is 9.80. The van der Waals surface area contributed by atoms with E-state index in [-0.39, 0.29) is 12.4 Å². The van der Waals surface area contributed by atoms with E-state index >= 15 is 0 Å². The Bertz CT molecular complexity index is 292. The second-order valence-electron chi connectivity index (χ2n) is 3.60. The lowest BCUT2D eigenvalue weighted by molar-refractivity contribution is 0.171. The molecular formula is C11H17Cl2NO. The van der Waals surface area contributed by atoms with E-state index in [9.17, 15) is 5.11 Å². The number of hydrogen-bond donors (Lipinski definition) is 2. The molecule has 0 aliphatic heterocycles. The van der Waals surface area contributed by atoms with Crippen molar-refractivity contribution in [2.75, 3.05) is 6.54 Å². The Morgan fingerprint density at radius 2 is 1.93 bits per heavy atom. The molecule has 1 atom stereocenters. The molecule has 1 rings (SSSR count). The number of aliphatic hydroxyl groups is 1. The van der Waals surface area contributed by atoms with Crippen LogP contribution in [0.15, 0.2) is 24.3 Å². The third kappa shape index (κ3) is 4.85. The van der Waals surface area contributed by atoms with Crippen LogP contribution in [0.25, 0.3) is 0 Å². The Hall–Kier alpha value is -0.280. The number of halogens is 2. The van der Waals surface area contributed by atoms with E-state index in [0.29, 0.717) is 17.6 Å². The molecule has 0 unspecified atom stereocenters. The summed E-state index contributed by atoms with van der Waals surface area (Å²) in [4.78, 5) is 0. The third-order valence-corrected chi connectivity index (χ3v) is 2.33. The fourth-order valence-electron chi connectivity index (χ4n) is 1.20. The van der Waals surface area contributed by atoms with E-state index in [4.69, 9.17) is 11.6 Å². The van der Waals surface area contributed by atoms with Crippen molar-refractivity contribution in [3.63, 3.8) is 0 Å². The average Bonchev–Trinajstić information content (AvgIpc) is 2.15. The van der Waals surface area contributed by atoms with E-state index in [0.717, 1.165) is 5.56 Å². The molecule has 0 aromatic heterocycles.